The van der Waals surface area contributed by atoms with Gasteiger partial charge < -0.3 is 15.2 Å². The number of aromatic nitrogens is 2. The van der Waals surface area contributed by atoms with Gasteiger partial charge in [-0.05, 0) is 38.6 Å². The summed E-state index contributed by atoms with van der Waals surface area (Å²) in [6.07, 6.45) is 6.90. The van der Waals surface area contributed by atoms with E-state index in [1.54, 1.807) is 6.20 Å². The van der Waals surface area contributed by atoms with E-state index in [4.69, 9.17) is 15.2 Å². The van der Waals surface area contributed by atoms with Crippen LogP contribution in [0.2, 0.25) is 0 Å². The van der Waals surface area contributed by atoms with Crippen molar-refractivity contribution in [3.8, 4) is 5.75 Å². The van der Waals surface area contributed by atoms with Crippen LogP contribution in [-0.2, 0) is 11.3 Å². The molecule has 0 saturated carbocycles. The number of ether oxygens (including phenoxy) is 2. The molecule has 20 heavy (non-hydrogen) atoms. The summed E-state index contributed by atoms with van der Waals surface area (Å²) in [5.74, 6) is 0.513. The summed E-state index contributed by atoms with van der Waals surface area (Å²) in [4.78, 5) is 11.9. The molecule has 2 rings (SSSR count). The highest BCUT2D eigenvalue weighted by Gasteiger charge is 2.14. The summed E-state index contributed by atoms with van der Waals surface area (Å²) in [7, 11) is 0. The number of nitrogens with two attached hydrogens (primary N) is 1. The molecule has 0 bridgehead atoms. The van der Waals surface area contributed by atoms with Crippen molar-refractivity contribution in [3.63, 3.8) is 0 Å². The van der Waals surface area contributed by atoms with Gasteiger partial charge in [0, 0.05) is 19.2 Å². The van der Waals surface area contributed by atoms with Crippen LogP contribution < -0.4 is 16.0 Å². The standard InChI is InChI=1S/C14H23N3O3/c15-6-3-9-20-13-10-14(18)17(16-11-13)7-1-4-12-5-2-8-19-12/h10-12H,1-9,15H2. The van der Waals surface area contributed by atoms with Crippen molar-refractivity contribution in [1.82, 2.24) is 9.78 Å². The van der Waals surface area contributed by atoms with E-state index in [0.717, 1.165) is 38.7 Å². The monoisotopic (exact) mass is 281 g/mol. The highest BCUT2D eigenvalue weighted by atomic mass is 16.5. The van der Waals surface area contributed by atoms with Crippen LogP contribution in [0.4, 0.5) is 0 Å². The maximum atomic E-state index is 11.9. The zero-order valence-corrected chi connectivity index (χ0v) is 11.8. The zero-order valence-electron chi connectivity index (χ0n) is 11.8. The van der Waals surface area contributed by atoms with Gasteiger partial charge in [0.15, 0.2) is 0 Å². The molecule has 0 aromatic carbocycles. The molecule has 2 N–H and O–H groups in total. The van der Waals surface area contributed by atoms with Crippen LogP contribution in [0.25, 0.3) is 0 Å². The molecule has 0 radical (unpaired) electrons. The maximum absolute atomic E-state index is 11.9. The highest BCUT2D eigenvalue weighted by Crippen LogP contribution is 2.16. The van der Waals surface area contributed by atoms with E-state index in [9.17, 15) is 4.79 Å². The van der Waals surface area contributed by atoms with Gasteiger partial charge in [-0.3, -0.25) is 4.79 Å². The molecule has 1 unspecified atom stereocenters. The van der Waals surface area contributed by atoms with Crippen molar-refractivity contribution in [2.45, 2.75) is 44.8 Å². The number of nitrogens with zero attached hydrogens (tertiary/aromatic N) is 2. The Kier molecular flexibility index (Phi) is 6.01. The SMILES string of the molecule is NCCCOc1cnn(CCCC2CCCO2)c(=O)c1. The lowest BCUT2D eigenvalue weighted by Gasteiger charge is -2.10. The molecule has 1 saturated heterocycles. The van der Waals surface area contributed by atoms with Crippen LogP contribution in [0, 0.1) is 0 Å². The lowest BCUT2D eigenvalue weighted by atomic mass is 10.1. The third-order valence-corrected chi connectivity index (χ3v) is 3.38. The predicted octanol–water partition coefficient (Wildman–Crippen LogP) is 0.930. The van der Waals surface area contributed by atoms with Gasteiger partial charge in [0.2, 0.25) is 0 Å². The van der Waals surface area contributed by atoms with Crippen LogP contribution in [-0.4, -0.2) is 35.6 Å². The molecule has 6 heteroatoms. The molecule has 1 aliphatic heterocycles. The Balaban J connectivity index is 1.78. The van der Waals surface area contributed by atoms with E-state index < -0.39 is 0 Å². The van der Waals surface area contributed by atoms with E-state index in [-0.39, 0.29) is 5.56 Å². The van der Waals surface area contributed by atoms with Gasteiger partial charge in [-0.15, -0.1) is 0 Å². The number of aryl methyl sites for hydroxylation is 1. The largest absolute Gasteiger partial charge is 0.492 e. The molecule has 1 aliphatic rings. The van der Waals surface area contributed by atoms with Crippen LogP contribution in [0.5, 0.6) is 5.75 Å². The van der Waals surface area contributed by atoms with Crippen LogP contribution >= 0.6 is 0 Å². The van der Waals surface area contributed by atoms with Gasteiger partial charge in [0.25, 0.3) is 5.56 Å². The van der Waals surface area contributed by atoms with Crippen molar-refractivity contribution >= 4 is 0 Å². The van der Waals surface area contributed by atoms with E-state index >= 15 is 0 Å². The molecule has 6 nitrogen and oxygen atoms in total. The molecular weight excluding hydrogens is 258 g/mol. The first-order valence-electron chi connectivity index (χ1n) is 7.31. The summed E-state index contributed by atoms with van der Waals surface area (Å²) in [5.41, 5.74) is 5.26. The minimum atomic E-state index is -0.123. The third-order valence-electron chi connectivity index (χ3n) is 3.38. The quantitative estimate of drug-likeness (QED) is 0.717. The smallest absolute Gasteiger partial charge is 0.270 e. The van der Waals surface area contributed by atoms with Crippen LogP contribution in [0.3, 0.4) is 0 Å². The predicted molar refractivity (Wildman–Crippen MR) is 75.9 cm³/mol. The fraction of sp³-hybridized carbons (Fsp3) is 0.714. The molecule has 1 aromatic heterocycles. The van der Waals surface area contributed by atoms with Crippen LogP contribution in [0.1, 0.15) is 32.1 Å². The minimum Gasteiger partial charge on any atom is -0.492 e. The topological polar surface area (TPSA) is 79.4 Å². The molecule has 1 fully saturated rings. The molecule has 0 amide bonds. The van der Waals surface area contributed by atoms with Crippen molar-refractivity contribution in [2.75, 3.05) is 19.8 Å². The molecule has 0 aliphatic carbocycles. The minimum absolute atomic E-state index is 0.123. The van der Waals surface area contributed by atoms with Gasteiger partial charge in [0.1, 0.15) is 5.75 Å². The zero-order chi connectivity index (χ0) is 14.2. The lowest BCUT2D eigenvalue weighted by molar-refractivity contribution is 0.101. The second-order valence-electron chi connectivity index (χ2n) is 5.02. The number of hydrogen-bond acceptors (Lipinski definition) is 5. The Hall–Kier alpha value is -1.40. The average molecular weight is 281 g/mol. The van der Waals surface area contributed by atoms with Gasteiger partial charge in [-0.25, -0.2) is 4.68 Å². The van der Waals surface area contributed by atoms with Gasteiger partial charge in [-0.1, -0.05) is 0 Å². The fourth-order valence-electron chi connectivity index (χ4n) is 2.28. The summed E-state index contributed by atoms with van der Waals surface area (Å²) < 4.78 is 12.4. The van der Waals surface area contributed by atoms with E-state index in [1.165, 1.54) is 10.7 Å². The van der Waals surface area contributed by atoms with E-state index in [0.29, 0.717) is 31.5 Å². The number of hydrogen-bond donors (Lipinski definition) is 1. The average Bonchev–Trinajstić information content (AvgIpc) is 2.95. The molecule has 1 aromatic rings. The normalized spacial score (nSPS) is 18.4. The van der Waals surface area contributed by atoms with Crippen LogP contribution in [0.15, 0.2) is 17.1 Å². The van der Waals surface area contributed by atoms with Gasteiger partial charge >= 0.3 is 0 Å². The van der Waals surface area contributed by atoms with Crippen molar-refractivity contribution in [3.05, 3.63) is 22.6 Å². The summed E-state index contributed by atoms with van der Waals surface area (Å²) >= 11 is 0. The molecule has 0 spiro atoms. The Morgan fingerprint density at radius 3 is 3.10 bits per heavy atom. The Morgan fingerprint density at radius 2 is 2.40 bits per heavy atom. The molecule has 1 atom stereocenters. The lowest BCUT2D eigenvalue weighted by Crippen LogP contribution is -2.23. The van der Waals surface area contributed by atoms with Gasteiger partial charge in [-0.2, -0.15) is 5.10 Å². The fourth-order valence-corrected chi connectivity index (χ4v) is 2.28. The van der Waals surface area contributed by atoms with Gasteiger partial charge in [0.05, 0.1) is 18.9 Å². The first kappa shape index (κ1) is 15.0. The summed E-state index contributed by atoms with van der Waals surface area (Å²) in [6.45, 7) is 2.59. The maximum Gasteiger partial charge on any atom is 0.270 e. The molecule has 2 heterocycles. The van der Waals surface area contributed by atoms with E-state index in [2.05, 4.69) is 5.10 Å². The Bertz CT molecular complexity index is 455. The van der Waals surface area contributed by atoms with E-state index in [1.807, 2.05) is 0 Å². The van der Waals surface area contributed by atoms with Crippen molar-refractivity contribution < 1.29 is 9.47 Å². The van der Waals surface area contributed by atoms with Crippen molar-refractivity contribution in [1.29, 1.82) is 0 Å². The molecular formula is C14H23N3O3. The summed E-state index contributed by atoms with van der Waals surface area (Å²) in [5, 5.41) is 4.13. The Labute approximate surface area is 118 Å². The summed E-state index contributed by atoms with van der Waals surface area (Å²) in [6, 6.07) is 1.48. The van der Waals surface area contributed by atoms with Crippen molar-refractivity contribution in [2.24, 2.45) is 5.73 Å². The third kappa shape index (κ3) is 4.61. The first-order chi connectivity index (χ1) is 9.79. The number of rotatable bonds is 8. The second-order valence-corrected chi connectivity index (χ2v) is 5.02. The second kappa shape index (κ2) is 8.01. The first-order valence-corrected chi connectivity index (χ1v) is 7.31. The Morgan fingerprint density at radius 1 is 1.50 bits per heavy atom. The molecule has 112 valence electrons. The highest BCUT2D eigenvalue weighted by molar-refractivity contribution is 5.13.